The maximum atomic E-state index is 6.11. The van der Waals surface area contributed by atoms with Gasteiger partial charge in [-0.2, -0.15) is 0 Å². The minimum atomic E-state index is 0.160. The Bertz CT molecular complexity index is 1120. The number of benzene rings is 3. The number of imidazole rings is 1. The third-order valence-electron chi connectivity index (χ3n) is 5.34. The van der Waals surface area contributed by atoms with Crippen LogP contribution in [-0.2, 0) is 18.6 Å². The second-order valence-corrected chi connectivity index (χ2v) is 8.60. The van der Waals surface area contributed by atoms with Crippen molar-refractivity contribution in [1.82, 2.24) is 9.55 Å². The lowest BCUT2D eigenvalue weighted by molar-refractivity contribution is 0.289. The lowest BCUT2D eigenvalue weighted by atomic mass is 9.87. The van der Waals surface area contributed by atoms with E-state index in [9.17, 15) is 0 Å². The van der Waals surface area contributed by atoms with Gasteiger partial charge in [0.05, 0.1) is 11.0 Å². The molecule has 0 fully saturated rings. The number of fused-ring (bicyclic) bond motifs is 1. The number of ether oxygens (including phenoxy) is 1. The Kier molecular flexibility index (Phi) is 5.14. The first-order valence-electron chi connectivity index (χ1n) is 10.1. The fourth-order valence-electron chi connectivity index (χ4n) is 3.57. The molecule has 3 nitrogen and oxygen atoms in total. The Hall–Kier alpha value is -3.07. The first-order valence-corrected chi connectivity index (χ1v) is 10.1. The molecule has 0 saturated carbocycles. The summed E-state index contributed by atoms with van der Waals surface area (Å²) in [6.07, 6.45) is 0. The summed E-state index contributed by atoms with van der Waals surface area (Å²) in [5.74, 6) is 1.84. The van der Waals surface area contributed by atoms with Crippen molar-refractivity contribution < 1.29 is 4.74 Å². The maximum Gasteiger partial charge on any atom is 0.148 e. The molecule has 0 spiro atoms. The van der Waals surface area contributed by atoms with Crippen LogP contribution in [0.2, 0.25) is 0 Å². The predicted octanol–water partition coefficient (Wildman–Crippen LogP) is 6.27. The number of aryl methyl sites for hydroxylation is 1. The second-order valence-electron chi connectivity index (χ2n) is 8.60. The zero-order valence-electron chi connectivity index (χ0n) is 17.6. The summed E-state index contributed by atoms with van der Waals surface area (Å²) in [6.45, 7) is 10.0. The van der Waals surface area contributed by atoms with E-state index < -0.39 is 0 Å². The molecule has 1 heterocycles. The van der Waals surface area contributed by atoms with E-state index in [4.69, 9.17) is 9.72 Å². The monoisotopic (exact) mass is 384 g/mol. The molecule has 3 aromatic carbocycles. The average Bonchev–Trinajstić information content (AvgIpc) is 3.05. The van der Waals surface area contributed by atoms with E-state index in [0.717, 1.165) is 34.7 Å². The number of hydrogen-bond acceptors (Lipinski definition) is 2. The van der Waals surface area contributed by atoms with Gasteiger partial charge in [0.25, 0.3) is 0 Å². The zero-order valence-corrected chi connectivity index (χ0v) is 17.6. The van der Waals surface area contributed by atoms with Crippen molar-refractivity contribution in [2.75, 3.05) is 0 Å². The van der Waals surface area contributed by atoms with Gasteiger partial charge in [0.2, 0.25) is 0 Å². The molecule has 0 saturated heterocycles. The van der Waals surface area contributed by atoms with Crippen molar-refractivity contribution in [1.29, 1.82) is 0 Å². The Morgan fingerprint density at radius 3 is 2.28 bits per heavy atom. The fourth-order valence-corrected chi connectivity index (χ4v) is 3.57. The van der Waals surface area contributed by atoms with Crippen LogP contribution >= 0.6 is 0 Å². The number of hydrogen-bond donors (Lipinski definition) is 0. The van der Waals surface area contributed by atoms with Gasteiger partial charge in [0, 0.05) is 6.54 Å². The molecular formula is C26H28N2O. The van der Waals surface area contributed by atoms with Crippen LogP contribution in [0.4, 0.5) is 0 Å². The third kappa shape index (κ3) is 4.19. The highest BCUT2D eigenvalue weighted by atomic mass is 16.5. The summed E-state index contributed by atoms with van der Waals surface area (Å²) in [6, 6.07) is 25.3. The topological polar surface area (TPSA) is 27.1 Å². The predicted molar refractivity (Wildman–Crippen MR) is 119 cm³/mol. The van der Waals surface area contributed by atoms with E-state index in [1.807, 2.05) is 24.3 Å². The summed E-state index contributed by atoms with van der Waals surface area (Å²) in [7, 11) is 0. The van der Waals surface area contributed by atoms with E-state index in [1.165, 1.54) is 11.1 Å². The molecule has 0 N–H and O–H groups in total. The highest BCUT2D eigenvalue weighted by Gasteiger charge is 2.15. The Morgan fingerprint density at radius 2 is 1.55 bits per heavy atom. The summed E-state index contributed by atoms with van der Waals surface area (Å²) < 4.78 is 8.37. The second kappa shape index (κ2) is 7.75. The van der Waals surface area contributed by atoms with Crippen LogP contribution in [0.3, 0.4) is 0 Å². The molecule has 3 heteroatoms. The highest BCUT2D eigenvalue weighted by molar-refractivity contribution is 5.76. The molecule has 1 aromatic heterocycles. The van der Waals surface area contributed by atoms with Crippen molar-refractivity contribution >= 4 is 11.0 Å². The third-order valence-corrected chi connectivity index (χ3v) is 5.34. The molecule has 0 radical (unpaired) electrons. The lowest BCUT2D eigenvalue weighted by Gasteiger charge is -2.19. The van der Waals surface area contributed by atoms with Crippen LogP contribution in [0.15, 0.2) is 72.8 Å². The van der Waals surface area contributed by atoms with E-state index in [0.29, 0.717) is 6.61 Å². The average molecular weight is 385 g/mol. The molecule has 4 rings (SSSR count). The van der Waals surface area contributed by atoms with Gasteiger partial charge >= 0.3 is 0 Å². The fraction of sp³-hybridized carbons (Fsp3) is 0.269. The van der Waals surface area contributed by atoms with Crippen LogP contribution in [0.5, 0.6) is 5.75 Å². The molecule has 0 atom stereocenters. The Balaban J connectivity index is 1.64. The molecule has 0 aliphatic carbocycles. The van der Waals surface area contributed by atoms with Gasteiger partial charge < -0.3 is 9.30 Å². The first kappa shape index (κ1) is 19.3. The van der Waals surface area contributed by atoms with Gasteiger partial charge in [-0.25, -0.2) is 4.98 Å². The Labute approximate surface area is 173 Å². The molecule has 4 aromatic rings. The number of rotatable bonds is 5. The van der Waals surface area contributed by atoms with Crippen LogP contribution in [0, 0.1) is 6.92 Å². The van der Waals surface area contributed by atoms with Crippen LogP contribution < -0.4 is 4.74 Å². The molecule has 0 bridgehead atoms. The first-order chi connectivity index (χ1) is 13.9. The van der Waals surface area contributed by atoms with Crippen LogP contribution in [0.25, 0.3) is 11.0 Å². The van der Waals surface area contributed by atoms with Gasteiger partial charge in [-0.15, -0.1) is 0 Å². The summed E-state index contributed by atoms with van der Waals surface area (Å²) in [4.78, 5) is 4.85. The van der Waals surface area contributed by atoms with Crippen molar-refractivity contribution in [2.45, 2.75) is 46.3 Å². The summed E-state index contributed by atoms with van der Waals surface area (Å²) in [5.41, 5.74) is 6.04. The molecule has 29 heavy (non-hydrogen) atoms. The SMILES string of the molecule is Cc1ccccc1OCc1nc2ccccc2n1Cc1ccc(C(C)(C)C)cc1. The van der Waals surface area contributed by atoms with E-state index in [-0.39, 0.29) is 5.41 Å². The zero-order chi connectivity index (χ0) is 20.4. The molecule has 0 amide bonds. The largest absolute Gasteiger partial charge is 0.485 e. The van der Waals surface area contributed by atoms with Crippen molar-refractivity contribution in [3.8, 4) is 5.75 Å². The number of aromatic nitrogens is 2. The molecule has 0 aliphatic heterocycles. The van der Waals surface area contributed by atoms with Gasteiger partial charge in [-0.05, 0) is 47.2 Å². The summed E-state index contributed by atoms with van der Waals surface area (Å²) in [5, 5.41) is 0. The molecule has 0 unspecified atom stereocenters. The standard InChI is InChI=1S/C26H28N2O/c1-19-9-5-8-12-24(19)29-18-25-27-22-10-6-7-11-23(22)28(25)17-20-13-15-21(16-14-20)26(2,3)4/h5-16H,17-18H2,1-4H3. The quantitative estimate of drug-likeness (QED) is 0.405. The minimum absolute atomic E-state index is 0.160. The normalized spacial score (nSPS) is 11.7. The van der Waals surface area contributed by atoms with Crippen molar-refractivity contribution in [3.63, 3.8) is 0 Å². The lowest BCUT2D eigenvalue weighted by Crippen LogP contribution is -2.12. The highest BCUT2D eigenvalue weighted by Crippen LogP contribution is 2.24. The van der Waals surface area contributed by atoms with Gasteiger partial charge in [0.1, 0.15) is 18.2 Å². The minimum Gasteiger partial charge on any atom is -0.485 e. The van der Waals surface area contributed by atoms with E-state index in [2.05, 4.69) is 80.8 Å². The van der Waals surface area contributed by atoms with E-state index >= 15 is 0 Å². The smallest absolute Gasteiger partial charge is 0.148 e. The summed E-state index contributed by atoms with van der Waals surface area (Å²) >= 11 is 0. The molecule has 0 aliphatic rings. The van der Waals surface area contributed by atoms with Crippen molar-refractivity contribution in [3.05, 3.63) is 95.3 Å². The van der Waals surface area contributed by atoms with Crippen LogP contribution in [-0.4, -0.2) is 9.55 Å². The Morgan fingerprint density at radius 1 is 0.862 bits per heavy atom. The van der Waals surface area contributed by atoms with Gasteiger partial charge in [-0.1, -0.05) is 75.4 Å². The molecule has 148 valence electrons. The molecular weight excluding hydrogens is 356 g/mol. The van der Waals surface area contributed by atoms with Gasteiger partial charge in [-0.3, -0.25) is 0 Å². The van der Waals surface area contributed by atoms with Gasteiger partial charge in [0.15, 0.2) is 0 Å². The van der Waals surface area contributed by atoms with Crippen molar-refractivity contribution in [2.24, 2.45) is 0 Å². The van der Waals surface area contributed by atoms with E-state index in [1.54, 1.807) is 0 Å². The number of para-hydroxylation sites is 3. The maximum absolute atomic E-state index is 6.11. The van der Waals surface area contributed by atoms with Crippen LogP contribution in [0.1, 0.15) is 43.3 Å². The number of nitrogens with zero attached hydrogens (tertiary/aromatic N) is 2.